The molecule has 21 heavy (non-hydrogen) atoms. The zero-order valence-corrected chi connectivity index (χ0v) is 13.2. The van der Waals surface area contributed by atoms with Crippen LogP contribution in [-0.2, 0) is 13.0 Å². The van der Waals surface area contributed by atoms with E-state index >= 15 is 0 Å². The van der Waals surface area contributed by atoms with Crippen molar-refractivity contribution in [3.63, 3.8) is 0 Å². The maximum absolute atomic E-state index is 13.8. The van der Waals surface area contributed by atoms with E-state index in [4.69, 9.17) is 4.74 Å². The summed E-state index contributed by atoms with van der Waals surface area (Å²) in [5.74, 6) is -0.287. The number of nitrogens with one attached hydrogen (secondary N) is 1. The summed E-state index contributed by atoms with van der Waals surface area (Å²) in [6.45, 7) is 0.777. The van der Waals surface area contributed by atoms with Gasteiger partial charge in [0, 0.05) is 12.1 Å². The van der Waals surface area contributed by atoms with Gasteiger partial charge in [-0.2, -0.15) is 0 Å². The van der Waals surface area contributed by atoms with Crippen molar-refractivity contribution < 1.29 is 13.5 Å². The molecule has 0 fully saturated rings. The van der Waals surface area contributed by atoms with E-state index in [0.29, 0.717) is 6.54 Å². The highest BCUT2D eigenvalue weighted by atomic mass is 79.9. The molecule has 0 aromatic heterocycles. The van der Waals surface area contributed by atoms with Crippen LogP contribution in [-0.4, -0.2) is 13.7 Å². The third kappa shape index (κ3) is 4.25. The molecule has 2 nitrogen and oxygen atoms in total. The molecule has 0 aliphatic carbocycles. The van der Waals surface area contributed by atoms with Crippen molar-refractivity contribution in [1.29, 1.82) is 0 Å². The number of hydrogen-bond donors (Lipinski definition) is 1. The van der Waals surface area contributed by atoms with Crippen molar-refractivity contribution in [1.82, 2.24) is 5.32 Å². The number of ether oxygens (including phenoxy) is 1. The van der Waals surface area contributed by atoms with Gasteiger partial charge in [-0.25, -0.2) is 8.78 Å². The lowest BCUT2D eigenvalue weighted by atomic mass is 10.1. The predicted octanol–water partition coefficient (Wildman–Crippen LogP) is 4.07. The Morgan fingerprint density at radius 2 is 2.00 bits per heavy atom. The maximum Gasteiger partial charge on any atom is 0.144 e. The monoisotopic (exact) mass is 355 g/mol. The van der Waals surface area contributed by atoms with Crippen LogP contribution in [0.1, 0.15) is 11.1 Å². The fourth-order valence-electron chi connectivity index (χ4n) is 2.01. The first-order valence-electron chi connectivity index (χ1n) is 6.58. The van der Waals surface area contributed by atoms with Crippen LogP contribution in [0.25, 0.3) is 0 Å². The summed E-state index contributed by atoms with van der Waals surface area (Å²) >= 11 is 3.06. The number of benzene rings is 2. The van der Waals surface area contributed by atoms with E-state index in [9.17, 15) is 8.78 Å². The summed E-state index contributed by atoms with van der Waals surface area (Å²) in [4.78, 5) is 0. The quantitative estimate of drug-likeness (QED) is 0.622. The van der Waals surface area contributed by atoms with Crippen LogP contribution < -0.4 is 10.1 Å². The SMILES string of the molecule is COc1cccc(CCNCc2c(F)ccc(Br)c2F)c1. The van der Waals surface area contributed by atoms with E-state index in [0.717, 1.165) is 17.7 Å². The smallest absolute Gasteiger partial charge is 0.144 e. The zero-order valence-electron chi connectivity index (χ0n) is 11.6. The second-order valence-corrected chi connectivity index (χ2v) is 5.45. The molecule has 0 saturated heterocycles. The van der Waals surface area contributed by atoms with Crippen molar-refractivity contribution in [3.05, 3.63) is 63.6 Å². The van der Waals surface area contributed by atoms with Gasteiger partial charge < -0.3 is 10.1 Å². The Morgan fingerprint density at radius 3 is 2.76 bits per heavy atom. The minimum atomic E-state index is -0.552. The fraction of sp³-hybridized carbons (Fsp3) is 0.250. The molecule has 0 unspecified atom stereocenters. The number of methoxy groups -OCH3 is 1. The highest BCUT2D eigenvalue weighted by molar-refractivity contribution is 9.10. The summed E-state index contributed by atoms with van der Waals surface area (Å²) in [6, 6.07) is 10.4. The third-order valence-corrected chi connectivity index (χ3v) is 3.78. The lowest BCUT2D eigenvalue weighted by Gasteiger charge is -2.09. The molecule has 0 amide bonds. The maximum atomic E-state index is 13.8. The Bertz CT molecular complexity index is 619. The second kappa shape index (κ2) is 7.52. The molecule has 0 aliphatic heterocycles. The molecule has 2 aromatic rings. The largest absolute Gasteiger partial charge is 0.497 e. The predicted molar refractivity (Wildman–Crippen MR) is 82.5 cm³/mol. The van der Waals surface area contributed by atoms with Crippen molar-refractivity contribution in [2.75, 3.05) is 13.7 Å². The van der Waals surface area contributed by atoms with E-state index in [1.807, 2.05) is 24.3 Å². The highest BCUT2D eigenvalue weighted by Gasteiger charge is 2.11. The molecule has 0 radical (unpaired) electrons. The van der Waals surface area contributed by atoms with E-state index in [1.165, 1.54) is 12.1 Å². The molecule has 2 aromatic carbocycles. The molecular formula is C16H16BrF2NO. The second-order valence-electron chi connectivity index (χ2n) is 4.60. The van der Waals surface area contributed by atoms with E-state index in [1.54, 1.807) is 7.11 Å². The Morgan fingerprint density at radius 1 is 1.19 bits per heavy atom. The van der Waals surface area contributed by atoms with Crippen LogP contribution in [0.2, 0.25) is 0 Å². The minimum absolute atomic E-state index is 0.0509. The van der Waals surface area contributed by atoms with Gasteiger partial charge in [0.15, 0.2) is 0 Å². The molecule has 112 valence electrons. The van der Waals surface area contributed by atoms with Gasteiger partial charge >= 0.3 is 0 Å². The van der Waals surface area contributed by atoms with Gasteiger partial charge in [0.05, 0.1) is 11.6 Å². The zero-order chi connectivity index (χ0) is 15.2. The van der Waals surface area contributed by atoms with E-state index in [-0.39, 0.29) is 16.6 Å². The molecule has 0 bridgehead atoms. The lowest BCUT2D eigenvalue weighted by Crippen LogP contribution is -2.18. The van der Waals surface area contributed by atoms with Gasteiger partial charge in [0.2, 0.25) is 0 Å². The first-order valence-corrected chi connectivity index (χ1v) is 7.37. The van der Waals surface area contributed by atoms with Gasteiger partial charge in [0.25, 0.3) is 0 Å². The Labute approximate surface area is 131 Å². The molecule has 1 N–H and O–H groups in total. The minimum Gasteiger partial charge on any atom is -0.497 e. The molecule has 0 saturated carbocycles. The Balaban J connectivity index is 1.89. The molecule has 0 atom stereocenters. The summed E-state index contributed by atoms with van der Waals surface area (Å²) in [7, 11) is 1.62. The summed E-state index contributed by atoms with van der Waals surface area (Å²) in [5, 5.41) is 3.05. The summed E-state index contributed by atoms with van der Waals surface area (Å²) in [5.41, 5.74) is 1.16. The molecule has 2 rings (SSSR count). The van der Waals surface area contributed by atoms with Crippen molar-refractivity contribution >= 4 is 15.9 Å². The molecule has 5 heteroatoms. The van der Waals surface area contributed by atoms with Gasteiger partial charge in [-0.15, -0.1) is 0 Å². The van der Waals surface area contributed by atoms with Crippen LogP contribution in [0.4, 0.5) is 8.78 Å². The van der Waals surface area contributed by atoms with Crippen LogP contribution in [0, 0.1) is 11.6 Å². The molecular weight excluding hydrogens is 340 g/mol. The van der Waals surface area contributed by atoms with Gasteiger partial charge in [-0.05, 0) is 58.7 Å². The van der Waals surface area contributed by atoms with Crippen LogP contribution >= 0.6 is 15.9 Å². The first-order chi connectivity index (χ1) is 10.1. The van der Waals surface area contributed by atoms with Crippen molar-refractivity contribution in [2.24, 2.45) is 0 Å². The summed E-state index contributed by atoms with van der Waals surface area (Å²) < 4.78 is 32.8. The lowest BCUT2D eigenvalue weighted by molar-refractivity contribution is 0.414. The molecule has 0 aliphatic rings. The van der Waals surface area contributed by atoms with Gasteiger partial charge in [0.1, 0.15) is 17.4 Å². The fourth-order valence-corrected chi connectivity index (χ4v) is 2.38. The topological polar surface area (TPSA) is 21.3 Å². The van der Waals surface area contributed by atoms with Gasteiger partial charge in [-0.3, -0.25) is 0 Å². The normalized spacial score (nSPS) is 10.7. The van der Waals surface area contributed by atoms with E-state index < -0.39 is 11.6 Å². The highest BCUT2D eigenvalue weighted by Crippen LogP contribution is 2.21. The average molecular weight is 356 g/mol. The van der Waals surface area contributed by atoms with Crippen LogP contribution in [0.15, 0.2) is 40.9 Å². The third-order valence-electron chi connectivity index (χ3n) is 3.17. The van der Waals surface area contributed by atoms with Gasteiger partial charge in [-0.1, -0.05) is 12.1 Å². The number of halogens is 3. The van der Waals surface area contributed by atoms with Crippen molar-refractivity contribution in [2.45, 2.75) is 13.0 Å². The van der Waals surface area contributed by atoms with Crippen molar-refractivity contribution in [3.8, 4) is 5.75 Å². The summed E-state index contributed by atoms with van der Waals surface area (Å²) in [6.07, 6.45) is 0.758. The number of hydrogen-bond acceptors (Lipinski definition) is 2. The standard InChI is InChI=1S/C16H16BrF2NO/c1-21-12-4-2-3-11(9-12)7-8-20-10-13-15(18)6-5-14(17)16(13)19/h2-6,9,20H,7-8,10H2,1H3. The Kier molecular flexibility index (Phi) is 5.70. The van der Waals surface area contributed by atoms with E-state index in [2.05, 4.69) is 21.2 Å². The molecule has 0 heterocycles. The van der Waals surface area contributed by atoms with Crippen LogP contribution in [0.3, 0.4) is 0 Å². The number of rotatable bonds is 6. The van der Waals surface area contributed by atoms with Crippen LogP contribution in [0.5, 0.6) is 5.75 Å². The molecule has 0 spiro atoms. The first kappa shape index (κ1) is 15.9. The average Bonchev–Trinajstić information content (AvgIpc) is 2.50. The Hall–Kier alpha value is -1.46.